The molecule has 154 valence electrons. The SMILES string of the molecule is CC(=O)OC1CCC2(C)C(=CCC3C4C[C@@H](OC(C)=O)C(=O)C4(C)CCC32)C1. The van der Waals surface area contributed by atoms with Crippen LogP contribution in [0, 0.1) is 28.6 Å². The van der Waals surface area contributed by atoms with Gasteiger partial charge in [-0.15, -0.1) is 0 Å². The summed E-state index contributed by atoms with van der Waals surface area (Å²) in [4.78, 5) is 35.9. The molecule has 7 atom stereocenters. The zero-order valence-corrected chi connectivity index (χ0v) is 17.5. The molecule has 3 saturated carbocycles. The van der Waals surface area contributed by atoms with Gasteiger partial charge in [-0.25, -0.2) is 0 Å². The highest BCUT2D eigenvalue weighted by Gasteiger charge is 2.62. The van der Waals surface area contributed by atoms with E-state index >= 15 is 0 Å². The van der Waals surface area contributed by atoms with Crippen molar-refractivity contribution in [3.05, 3.63) is 11.6 Å². The number of fused-ring (bicyclic) bond motifs is 5. The van der Waals surface area contributed by atoms with Gasteiger partial charge >= 0.3 is 11.9 Å². The van der Waals surface area contributed by atoms with E-state index in [1.807, 2.05) is 0 Å². The Morgan fingerprint density at radius 2 is 1.68 bits per heavy atom. The van der Waals surface area contributed by atoms with Crippen molar-refractivity contribution in [2.24, 2.45) is 28.6 Å². The summed E-state index contributed by atoms with van der Waals surface area (Å²) in [7, 11) is 0. The smallest absolute Gasteiger partial charge is 0.303 e. The highest BCUT2D eigenvalue weighted by atomic mass is 16.5. The van der Waals surface area contributed by atoms with Gasteiger partial charge in [-0.05, 0) is 61.7 Å². The molecule has 0 radical (unpaired) electrons. The van der Waals surface area contributed by atoms with Gasteiger partial charge in [0.15, 0.2) is 11.9 Å². The predicted octanol–water partition coefficient (Wildman–Crippen LogP) is 3.99. The van der Waals surface area contributed by atoms with E-state index < -0.39 is 6.10 Å². The van der Waals surface area contributed by atoms with Crippen molar-refractivity contribution >= 4 is 17.7 Å². The summed E-state index contributed by atoms with van der Waals surface area (Å²) in [6, 6.07) is 0. The molecule has 0 heterocycles. The molecule has 6 unspecified atom stereocenters. The Morgan fingerprint density at radius 1 is 1.00 bits per heavy atom. The minimum Gasteiger partial charge on any atom is -0.462 e. The lowest BCUT2D eigenvalue weighted by Crippen LogP contribution is -2.50. The molecule has 0 amide bonds. The van der Waals surface area contributed by atoms with E-state index in [4.69, 9.17) is 9.47 Å². The minimum absolute atomic E-state index is 0.00337. The molecule has 0 aromatic rings. The van der Waals surface area contributed by atoms with Gasteiger partial charge < -0.3 is 9.47 Å². The molecule has 0 spiro atoms. The van der Waals surface area contributed by atoms with Crippen LogP contribution in [0.4, 0.5) is 0 Å². The highest BCUT2D eigenvalue weighted by molar-refractivity contribution is 5.92. The van der Waals surface area contributed by atoms with Crippen LogP contribution in [0.1, 0.15) is 72.6 Å². The van der Waals surface area contributed by atoms with Crippen LogP contribution in [-0.4, -0.2) is 29.9 Å². The van der Waals surface area contributed by atoms with Crippen LogP contribution in [0.15, 0.2) is 11.6 Å². The lowest BCUT2D eigenvalue weighted by molar-refractivity contribution is -0.153. The number of hydrogen-bond donors (Lipinski definition) is 0. The Kier molecular flexibility index (Phi) is 4.71. The first-order valence-electron chi connectivity index (χ1n) is 10.7. The molecular weight excluding hydrogens is 356 g/mol. The van der Waals surface area contributed by atoms with E-state index in [1.54, 1.807) is 0 Å². The van der Waals surface area contributed by atoms with E-state index in [2.05, 4.69) is 19.9 Å². The van der Waals surface area contributed by atoms with Crippen molar-refractivity contribution < 1.29 is 23.9 Å². The number of ketones is 1. The fourth-order valence-electron chi connectivity index (χ4n) is 7.03. The van der Waals surface area contributed by atoms with E-state index in [-0.39, 0.29) is 40.6 Å². The lowest BCUT2D eigenvalue weighted by Gasteiger charge is -2.56. The molecule has 4 aliphatic rings. The van der Waals surface area contributed by atoms with Crippen LogP contribution < -0.4 is 0 Å². The third kappa shape index (κ3) is 2.93. The summed E-state index contributed by atoms with van der Waals surface area (Å²) in [5, 5.41) is 0. The number of carbonyl (C=O) groups is 3. The van der Waals surface area contributed by atoms with Crippen LogP contribution in [0.2, 0.25) is 0 Å². The number of rotatable bonds is 2. The second-order valence-electron chi connectivity index (χ2n) is 9.89. The van der Waals surface area contributed by atoms with Crippen molar-refractivity contribution in [3.63, 3.8) is 0 Å². The maximum absolute atomic E-state index is 13.0. The molecule has 28 heavy (non-hydrogen) atoms. The molecule has 0 bridgehead atoms. The van der Waals surface area contributed by atoms with Crippen molar-refractivity contribution in [1.29, 1.82) is 0 Å². The summed E-state index contributed by atoms with van der Waals surface area (Å²) >= 11 is 0. The number of esters is 2. The maximum Gasteiger partial charge on any atom is 0.303 e. The third-order valence-corrected chi connectivity index (χ3v) is 8.41. The fourth-order valence-corrected chi connectivity index (χ4v) is 7.03. The normalized spacial score (nSPS) is 44.6. The molecule has 0 aliphatic heterocycles. The third-order valence-electron chi connectivity index (χ3n) is 8.41. The van der Waals surface area contributed by atoms with Gasteiger partial charge in [0.05, 0.1) is 0 Å². The largest absolute Gasteiger partial charge is 0.462 e. The monoisotopic (exact) mass is 388 g/mol. The molecule has 0 aromatic heterocycles. The zero-order chi connectivity index (χ0) is 20.3. The summed E-state index contributed by atoms with van der Waals surface area (Å²) in [5.41, 5.74) is 1.21. The van der Waals surface area contributed by atoms with Crippen LogP contribution in [0.3, 0.4) is 0 Å². The lowest BCUT2D eigenvalue weighted by atomic mass is 9.48. The Bertz CT molecular complexity index is 739. The number of hydrogen-bond acceptors (Lipinski definition) is 5. The van der Waals surface area contributed by atoms with E-state index in [0.717, 1.165) is 38.5 Å². The summed E-state index contributed by atoms with van der Waals surface area (Å²) in [5.74, 6) is 0.861. The van der Waals surface area contributed by atoms with Crippen molar-refractivity contribution in [2.45, 2.75) is 84.8 Å². The van der Waals surface area contributed by atoms with Crippen molar-refractivity contribution in [2.75, 3.05) is 0 Å². The Labute approximate surface area is 167 Å². The number of carbonyl (C=O) groups excluding carboxylic acids is 3. The standard InChI is InChI=1S/C23H32O5/c1-13(24)27-16-7-9-22(3)15(11-16)5-6-17-18(22)8-10-23(4)19(17)12-20(21(23)26)28-14(2)25/h5,16-20H,6-12H2,1-4H3/t16?,17?,18?,19?,20-,22?,23?/m1/s1. The van der Waals surface area contributed by atoms with Gasteiger partial charge in [0.2, 0.25) is 0 Å². The molecule has 5 nitrogen and oxygen atoms in total. The topological polar surface area (TPSA) is 69.7 Å². The summed E-state index contributed by atoms with van der Waals surface area (Å²) in [6.07, 6.45) is 8.16. The Hall–Kier alpha value is -1.65. The number of allylic oxidation sites excluding steroid dienone is 1. The zero-order valence-electron chi connectivity index (χ0n) is 17.5. The second kappa shape index (κ2) is 6.70. The first-order chi connectivity index (χ1) is 13.1. The summed E-state index contributed by atoms with van der Waals surface area (Å²) in [6.45, 7) is 7.35. The average molecular weight is 389 g/mol. The van der Waals surface area contributed by atoms with Crippen LogP contribution in [0.25, 0.3) is 0 Å². The molecule has 0 N–H and O–H groups in total. The van der Waals surface area contributed by atoms with Crippen LogP contribution in [0.5, 0.6) is 0 Å². The van der Waals surface area contributed by atoms with Crippen LogP contribution in [-0.2, 0) is 23.9 Å². The Balaban J connectivity index is 1.58. The van der Waals surface area contributed by atoms with E-state index in [9.17, 15) is 14.4 Å². The number of Topliss-reactive ketones (excluding diaryl/α,β-unsaturated/α-hetero) is 1. The van der Waals surface area contributed by atoms with Gasteiger partial charge in [0.25, 0.3) is 0 Å². The van der Waals surface area contributed by atoms with Gasteiger partial charge in [0.1, 0.15) is 6.10 Å². The fraction of sp³-hybridized carbons (Fsp3) is 0.783. The van der Waals surface area contributed by atoms with Gasteiger partial charge in [-0.2, -0.15) is 0 Å². The van der Waals surface area contributed by atoms with Gasteiger partial charge in [0, 0.05) is 25.7 Å². The summed E-state index contributed by atoms with van der Waals surface area (Å²) < 4.78 is 10.9. The van der Waals surface area contributed by atoms with Gasteiger partial charge in [-0.3, -0.25) is 14.4 Å². The highest BCUT2D eigenvalue weighted by Crippen LogP contribution is 2.64. The number of ether oxygens (including phenoxy) is 2. The quantitative estimate of drug-likeness (QED) is 0.528. The molecule has 0 saturated heterocycles. The predicted molar refractivity (Wildman–Crippen MR) is 103 cm³/mol. The molecule has 4 rings (SSSR count). The molecular formula is C23H32O5. The Morgan fingerprint density at radius 3 is 2.36 bits per heavy atom. The van der Waals surface area contributed by atoms with Crippen LogP contribution >= 0.6 is 0 Å². The molecule has 5 heteroatoms. The second-order valence-corrected chi connectivity index (χ2v) is 9.89. The molecule has 0 aromatic carbocycles. The van der Waals surface area contributed by atoms with Crippen molar-refractivity contribution in [3.8, 4) is 0 Å². The van der Waals surface area contributed by atoms with Crippen molar-refractivity contribution in [1.82, 2.24) is 0 Å². The van der Waals surface area contributed by atoms with E-state index in [1.165, 1.54) is 19.4 Å². The average Bonchev–Trinajstić information content (AvgIpc) is 2.86. The van der Waals surface area contributed by atoms with Gasteiger partial charge in [-0.1, -0.05) is 25.5 Å². The molecule has 4 aliphatic carbocycles. The first-order valence-corrected chi connectivity index (χ1v) is 10.7. The molecule has 3 fully saturated rings. The first kappa shape index (κ1) is 19.7. The maximum atomic E-state index is 13.0. The van der Waals surface area contributed by atoms with E-state index in [0.29, 0.717) is 18.3 Å². The minimum atomic E-state index is -0.566.